The first kappa shape index (κ1) is 26.0. The number of esters is 1. The fraction of sp³-hybridized carbons (Fsp3) is 0.172. The number of ether oxygens (including phenoxy) is 2. The number of amides is 2. The van der Waals surface area contributed by atoms with Crippen molar-refractivity contribution in [1.29, 1.82) is 0 Å². The maximum Gasteiger partial charge on any atom is 0.408 e. The van der Waals surface area contributed by atoms with E-state index in [9.17, 15) is 19.2 Å². The number of aliphatic imine (C=N–C) groups is 1. The Balaban J connectivity index is 1.33. The molecule has 1 fully saturated rings. The van der Waals surface area contributed by atoms with Crippen LogP contribution in [0.4, 0.5) is 4.79 Å². The normalized spacial score (nSPS) is 19.6. The van der Waals surface area contributed by atoms with Crippen molar-refractivity contribution in [1.82, 2.24) is 10.2 Å². The number of carbonyl (C=O) groups excluding carboxylic acids is 4. The van der Waals surface area contributed by atoms with E-state index < -0.39 is 41.5 Å². The van der Waals surface area contributed by atoms with E-state index in [1.807, 2.05) is 91.0 Å². The smallest absolute Gasteiger partial charge is 0.408 e. The molecule has 9 nitrogen and oxygen atoms in total. The SMILES string of the molecule is O=C=NC1=CS[C@H]2C(NC(=O)OCc3ccccc3)C(=O)N2C1C(=O)OC(c1ccccc1)c1ccccc1. The molecule has 0 spiro atoms. The summed E-state index contributed by atoms with van der Waals surface area (Å²) >= 11 is 1.15. The standard InChI is InChI=1S/C29H23N3O6S/c33-18-30-22-17-39-27-23(31-29(36)37-16-19-10-4-1-5-11-19)26(34)32(27)24(22)28(35)38-25(20-12-6-2-7-13-20)21-14-8-3-9-15-21/h1-15,17,23-25,27H,16H2,(H,31,36)/t23?,24?,27-/m0/s1. The van der Waals surface area contributed by atoms with Crippen molar-refractivity contribution in [2.24, 2.45) is 4.99 Å². The topological polar surface area (TPSA) is 114 Å². The summed E-state index contributed by atoms with van der Waals surface area (Å²) in [7, 11) is 0. The second-order valence-corrected chi connectivity index (χ2v) is 9.73. The number of β-lactam (4-membered cyclic amide) rings is 1. The lowest BCUT2D eigenvalue weighted by Crippen LogP contribution is -2.73. The maximum absolute atomic E-state index is 13.6. The molecule has 2 amide bonds. The van der Waals surface area contributed by atoms with Gasteiger partial charge in [0.05, 0.1) is 5.70 Å². The monoisotopic (exact) mass is 541 g/mol. The van der Waals surface area contributed by atoms with Gasteiger partial charge in [0, 0.05) is 0 Å². The lowest BCUT2D eigenvalue weighted by atomic mass is 9.99. The fourth-order valence-corrected chi connectivity index (χ4v) is 5.57. The molecule has 1 saturated heterocycles. The summed E-state index contributed by atoms with van der Waals surface area (Å²) in [4.78, 5) is 55.2. The van der Waals surface area contributed by atoms with Gasteiger partial charge in [-0.2, -0.15) is 4.99 Å². The van der Waals surface area contributed by atoms with Gasteiger partial charge < -0.3 is 19.7 Å². The number of rotatable bonds is 8. The Hall–Kier alpha value is -4.66. The van der Waals surface area contributed by atoms with Crippen LogP contribution in [0.5, 0.6) is 0 Å². The molecule has 196 valence electrons. The first-order valence-electron chi connectivity index (χ1n) is 12.1. The molecule has 39 heavy (non-hydrogen) atoms. The van der Waals surface area contributed by atoms with Crippen molar-refractivity contribution >= 4 is 35.8 Å². The Kier molecular flexibility index (Phi) is 7.86. The van der Waals surface area contributed by atoms with Crippen LogP contribution in [-0.2, 0) is 30.5 Å². The minimum absolute atomic E-state index is 0.0366. The number of isocyanates is 1. The summed E-state index contributed by atoms with van der Waals surface area (Å²) in [6.07, 6.45) is -0.0687. The van der Waals surface area contributed by atoms with Gasteiger partial charge in [-0.25, -0.2) is 14.4 Å². The van der Waals surface area contributed by atoms with Gasteiger partial charge in [0.2, 0.25) is 12.0 Å². The van der Waals surface area contributed by atoms with Crippen LogP contribution in [0.1, 0.15) is 22.8 Å². The molecule has 0 radical (unpaired) electrons. The summed E-state index contributed by atoms with van der Waals surface area (Å²) in [6.45, 7) is 0.0442. The van der Waals surface area contributed by atoms with Crippen molar-refractivity contribution < 1.29 is 28.7 Å². The average molecular weight is 542 g/mol. The number of alkyl carbamates (subject to hydrolysis) is 1. The number of nitrogens with one attached hydrogen (secondary N) is 1. The third-order valence-electron chi connectivity index (χ3n) is 6.29. The van der Waals surface area contributed by atoms with E-state index in [1.165, 1.54) is 16.4 Å². The lowest BCUT2D eigenvalue weighted by molar-refractivity contribution is -0.164. The first-order chi connectivity index (χ1) is 19.1. The molecule has 2 aliphatic heterocycles. The molecule has 2 unspecified atom stereocenters. The minimum atomic E-state index is -1.28. The molecule has 10 heteroatoms. The molecule has 0 aromatic heterocycles. The predicted molar refractivity (Wildman–Crippen MR) is 143 cm³/mol. The molecule has 1 N–H and O–H groups in total. The van der Waals surface area contributed by atoms with Gasteiger partial charge in [0.15, 0.2) is 12.1 Å². The zero-order valence-corrected chi connectivity index (χ0v) is 21.3. The zero-order valence-electron chi connectivity index (χ0n) is 20.5. The summed E-state index contributed by atoms with van der Waals surface area (Å²) in [5.41, 5.74) is 2.31. The van der Waals surface area contributed by atoms with E-state index >= 15 is 0 Å². The van der Waals surface area contributed by atoms with Crippen molar-refractivity contribution in [3.8, 4) is 0 Å². The quantitative estimate of drug-likeness (QED) is 0.198. The maximum atomic E-state index is 13.6. The number of benzene rings is 3. The Bertz CT molecular complexity index is 1390. The van der Waals surface area contributed by atoms with Crippen LogP contribution in [-0.4, -0.2) is 46.4 Å². The Morgan fingerprint density at radius 1 is 0.949 bits per heavy atom. The first-order valence-corrected chi connectivity index (χ1v) is 13.0. The number of fused-ring (bicyclic) bond motifs is 1. The minimum Gasteiger partial charge on any atom is -0.451 e. The predicted octanol–water partition coefficient (Wildman–Crippen LogP) is 4.08. The van der Waals surface area contributed by atoms with Crippen LogP contribution in [0, 0.1) is 0 Å². The molecular formula is C29H23N3O6S. The number of carbonyl (C=O) groups is 3. The van der Waals surface area contributed by atoms with Crippen LogP contribution in [0.2, 0.25) is 0 Å². The molecule has 3 aromatic rings. The van der Waals surface area contributed by atoms with E-state index in [1.54, 1.807) is 0 Å². The molecule has 3 aromatic carbocycles. The van der Waals surface area contributed by atoms with Crippen LogP contribution >= 0.6 is 11.8 Å². The zero-order chi connectivity index (χ0) is 27.2. The molecule has 2 heterocycles. The van der Waals surface area contributed by atoms with E-state index in [0.717, 1.165) is 28.5 Å². The fourth-order valence-electron chi connectivity index (χ4n) is 4.42. The highest BCUT2D eigenvalue weighted by atomic mass is 32.2. The van der Waals surface area contributed by atoms with Crippen LogP contribution in [0.3, 0.4) is 0 Å². The summed E-state index contributed by atoms with van der Waals surface area (Å²) in [5, 5.41) is 3.47. The summed E-state index contributed by atoms with van der Waals surface area (Å²) in [5.74, 6) is -1.28. The van der Waals surface area contributed by atoms with Crippen LogP contribution < -0.4 is 5.32 Å². The molecule has 2 aliphatic rings. The van der Waals surface area contributed by atoms with Crippen molar-refractivity contribution in [2.45, 2.75) is 30.2 Å². The lowest BCUT2D eigenvalue weighted by Gasteiger charge is -2.50. The number of hydrogen-bond acceptors (Lipinski definition) is 8. The van der Waals surface area contributed by atoms with Crippen molar-refractivity contribution in [3.05, 3.63) is 119 Å². The van der Waals surface area contributed by atoms with Gasteiger partial charge >= 0.3 is 12.1 Å². The Morgan fingerprint density at radius 3 is 2.13 bits per heavy atom. The van der Waals surface area contributed by atoms with Crippen molar-refractivity contribution in [3.63, 3.8) is 0 Å². The third kappa shape index (κ3) is 5.62. The highest BCUT2D eigenvalue weighted by molar-refractivity contribution is 8.02. The molecular weight excluding hydrogens is 518 g/mol. The largest absolute Gasteiger partial charge is 0.451 e. The Labute approximate surface area is 228 Å². The van der Waals surface area contributed by atoms with E-state index in [-0.39, 0.29) is 12.3 Å². The van der Waals surface area contributed by atoms with Gasteiger partial charge in [-0.3, -0.25) is 4.79 Å². The molecule has 0 aliphatic carbocycles. The van der Waals surface area contributed by atoms with E-state index in [0.29, 0.717) is 0 Å². The van der Waals surface area contributed by atoms with Crippen molar-refractivity contribution in [2.75, 3.05) is 0 Å². The molecule has 3 atom stereocenters. The number of nitrogens with zero attached hydrogens (tertiary/aromatic N) is 2. The van der Waals surface area contributed by atoms with Gasteiger partial charge in [-0.05, 0) is 22.1 Å². The summed E-state index contributed by atoms with van der Waals surface area (Å²) in [6, 6.07) is 25.3. The number of thioether (sulfide) groups is 1. The highest BCUT2D eigenvalue weighted by Crippen LogP contribution is 2.41. The van der Waals surface area contributed by atoms with Gasteiger partial charge in [-0.1, -0.05) is 91.0 Å². The van der Waals surface area contributed by atoms with E-state index in [2.05, 4.69) is 10.3 Å². The van der Waals surface area contributed by atoms with E-state index in [4.69, 9.17) is 9.47 Å². The second-order valence-electron chi connectivity index (χ2n) is 8.74. The molecule has 5 rings (SSSR count). The average Bonchev–Trinajstić information content (AvgIpc) is 2.98. The van der Waals surface area contributed by atoms with Gasteiger partial charge in [-0.15, -0.1) is 11.8 Å². The number of hydrogen-bond donors (Lipinski definition) is 1. The summed E-state index contributed by atoms with van der Waals surface area (Å²) < 4.78 is 11.2. The van der Waals surface area contributed by atoms with Crippen LogP contribution in [0.25, 0.3) is 0 Å². The van der Waals surface area contributed by atoms with Gasteiger partial charge in [0.25, 0.3) is 0 Å². The highest BCUT2D eigenvalue weighted by Gasteiger charge is 2.57. The van der Waals surface area contributed by atoms with Crippen LogP contribution in [0.15, 0.2) is 107 Å². The third-order valence-corrected chi connectivity index (χ3v) is 7.44. The molecule has 0 saturated carbocycles. The second kappa shape index (κ2) is 11.8. The molecule has 0 bridgehead atoms. The Morgan fingerprint density at radius 2 is 1.54 bits per heavy atom. The van der Waals surface area contributed by atoms with Gasteiger partial charge in [0.1, 0.15) is 18.0 Å².